The second-order valence-electron chi connectivity index (χ2n) is 5.79. The number of hydrogen-bond donors (Lipinski definition) is 1. The number of benzene rings is 1. The molecule has 0 atom stereocenters. The Kier molecular flexibility index (Phi) is 4.35. The Morgan fingerprint density at radius 1 is 1.00 bits per heavy atom. The molecule has 1 aromatic carbocycles. The van der Waals surface area contributed by atoms with E-state index in [9.17, 15) is 21.6 Å². The van der Waals surface area contributed by atoms with Crippen LogP contribution in [0.2, 0.25) is 0 Å². The highest BCUT2D eigenvalue weighted by molar-refractivity contribution is 7.90. The lowest BCUT2D eigenvalue weighted by molar-refractivity contribution is -0.140. The molecular formula is C17H14F3N3O2S. The highest BCUT2D eigenvalue weighted by Gasteiger charge is 2.37. The van der Waals surface area contributed by atoms with E-state index in [1.807, 2.05) is 0 Å². The van der Waals surface area contributed by atoms with Gasteiger partial charge in [0.05, 0.1) is 4.90 Å². The molecule has 0 saturated carbocycles. The molecule has 0 aliphatic carbocycles. The zero-order valence-electron chi connectivity index (χ0n) is 13.8. The topological polar surface area (TPSA) is 75.7 Å². The molecule has 0 saturated heterocycles. The summed E-state index contributed by atoms with van der Waals surface area (Å²) in [6, 6.07) is 8.42. The molecule has 2 heterocycles. The molecule has 0 spiro atoms. The van der Waals surface area contributed by atoms with E-state index in [1.165, 1.54) is 30.5 Å². The maximum absolute atomic E-state index is 13.4. The second-order valence-corrected chi connectivity index (χ2v) is 7.81. The number of nitrogens with zero attached hydrogens (tertiary/aromatic N) is 2. The molecule has 0 bridgehead atoms. The van der Waals surface area contributed by atoms with Crippen LogP contribution in [0.15, 0.2) is 47.5 Å². The third-order valence-electron chi connectivity index (χ3n) is 3.73. The first-order valence-corrected chi connectivity index (χ1v) is 9.35. The summed E-state index contributed by atoms with van der Waals surface area (Å²) in [7, 11) is -3.44. The SMILES string of the molecule is Cc1ccc(-c2nc(-c3ccc(S(C)(=O)=O)cc3)c(C(F)(F)F)[nH]2)cn1. The molecule has 0 amide bonds. The van der Waals surface area contributed by atoms with Crippen molar-refractivity contribution in [3.63, 3.8) is 0 Å². The summed E-state index contributed by atoms with van der Waals surface area (Å²) in [4.78, 5) is 10.5. The Morgan fingerprint density at radius 3 is 2.12 bits per heavy atom. The van der Waals surface area contributed by atoms with Gasteiger partial charge in [-0.05, 0) is 31.2 Å². The third kappa shape index (κ3) is 3.62. The van der Waals surface area contributed by atoms with E-state index in [4.69, 9.17) is 0 Å². The van der Waals surface area contributed by atoms with Crippen molar-refractivity contribution in [1.29, 1.82) is 0 Å². The molecule has 0 fully saturated rings. The molecule has 136 valence electrons. The summed E-state index contributed by atoms with van der Waals surface area (Å²) in [5, 5.41) is 0. The van der Waals surface area contributed by atoms with Crippen LogP contribution in [-0.2, 0) is 16.0 Å². The predicted molar refractivity (Wildman–Crippen MR) is 90.1 cm³/mol. The number of hydrogen-bond acceptors (Lipinski definition) is 4. The van der Waals surface area contributed by atoms with Crippen molar-refractivity contribution in [3.8, 4) is 22.6 Å². The van der Waals surface area contributed by atoms with E-state index >= 15 is 0 Å². The number of rotatable bonds is 3. The molecule has 2 aromatic heterocycles. The molecule has 0 unspecified atom stereocenters. The quantitative estimate of drug-likeness (QED) is 0.747. The molecule has 26 heavy (non-hydrogen) atoms. The molecule has 5 nitrogen and oxygen atoms in total. The number of alkyl halides is 3. The van der Waals surface area contributed by atoms with Crippen LogP contribution in [0.5, 0.6) is 0 Å². The largest absolute Gasteiger partial charge is 0.433 e. The molecule has 1 N–H and O–H groups in total. The Morgan fingerprint density at radius 2 is 1.62 bits per heavy atom. The standard InChI is InChI=1S/C17H14F3N3O2S/c1-10-3-4-12(9-21-10)16-22-14(15(23-16)17(18,19)20)11-5-7-13(8-6-11)26(2,24)25/h3-9H,1-2H3,(H,22,23). The molecular weight excluding hydrogens is 367 g/mol. The zero-order chi connectivity index (χ0) is 19.1. The average molecular weight is 381 g/mol. The first-order valence-electron chi connectivity index (χ1n) is 7.46. The van der Waals surface area contributed by atoms with Crippen molar-refractivity contribution >= 4 is 9.84 Å². The number of sulfone groups is 1. The minimum absolute atomic E-state index is 0.0216. The van der Waals surface area contributed by atoms with E-state index < -0.39 is 21.7 Å². The van der Waals surface area contributed by atoms with E-state index in [0.717, 1.165) is 11.9 Å². The summed E-state index contributed by atoms with van der Waals surface area (Å²) in [6.45, 7) is 1.77. The van der Waals surface area contributed by atoms with Crippen LogP contribution >= 0.6 is 0 Å². The van der Waals surface area contributed by atoms with Gasteiger partial charge in [0.15, 0.2) is 9.84 Å². The van der Waals surface area contributed by atoms with Crippen molar-refractivity contribution in [2.45, 2.75) is 18.0 Å². The van der Waals surface area contributed by atoms with Crippen LogP contribution in [0.3, 0.4) is 0 Å². The summed E-state index contributed by atoms with van der Waals surface area (Å²) in [5.74, 6) is 0.0343. The maximum atomic E-state index is 13.4. The number of pyridine rings is 1. The van der Waals surface area contributed by atoms with E-state index in [1.54, 1.807) is 19.1 Å². The molecule has 3 aromatic rings. The lowest BCUT2D eigenvalue weighted by Crippen LogP contribution is -2.07. The summed E-state index contributed by atoms with van der Waals surface area (Å²) >= 11 is 0. The van der Waals surface area contributed by atoms with E-state index in [-0.39, 0.29) is 22.0 Å². The number of H-pyrrole nitrogens is 1. The third-order valence-corrected chi connectivity index (χ3v) is 4.86. The molecule has 9 heteroatoms. The van der Waals surface area contributed by atoms with Crippen molar-refractivity contribution in [2.75, 3.05) is 6.26 Å². The van der Waals surface area contributed by atoms with Crippen LogP contribution in [0.4, 0.5) is 13.2 Å². The number of halogens is 3. The average Bonchev–Trinajstić information content (AvgIpc) is 3.00. The highest BCUT2D eigenvalue weighted by Crippen LogP contribution is 2.37. The second kappa shape index (κ2) is 6.24. The number of imidazole rings is 1. The fourth-order valence-corrected chi connectivity index (χ4v) is 3.02. The van der Waals surface area contributed by atoms with E-state index in [2.05, 4.69) is 15.0 Å². The fourth-order valence-electron chi connectivity index (χ4n) is 2.39. The van der Waals surface area contributed by atoms with Gasteiger partial charge in [-0.25, -0.2) is 13.4 Å². The van der Waals surface area contributed by atoms with Gasteiger partial charge >= 0.3 is 6.18 Å². The smallest absolute Gasteiger partial charge is 0.334 e. The summed E-state index contributed by atoms with van der Waals surface area (Å²) in [6.07, 6.45) is -2.18. The summed E-state index contributed by atoms with van der Waals surface area (Å²) in [5.41, 5.74) is 0.00801. The molecule has 0 radical (unpaired) electrons. The van der Waals surface area contributed by atoms with Crippen molar-refractivity contribution < 1.29 is 21.6 Å². The Hall–Kier alpha value is -2.68. The Labute approximate surface area is 147 Å². The van der Waals surface area contributed by atoms with E-state index in [0.29, 0.717) is 5.56 Å². The molecule has 0 aliphatic heterocycles. The highest BCUT2D eigenvalue weighted by atomic mass is 32.2. The van der Waals surface area contributed by atoms with Gasteiger partial charge < -0.3 is 4.98 Å². The van der Waals surface area contributed by atoms with Gasteiger partial charge in [-0.3, -0.25) is 4.98 Å². The first kappa shape index (κ1) is 18.1. The lowest BCUT2D eigenvalue weighted by atomic mass is 10.1. The van der Waals surface area contributed by atoms with Gasteiger partial charge in [0.2, 0.25) is 0 Å². The molecule has 3 rings (SSSR count). The van der Waals surface area contributed by atoms with Gasteiger partial charge in [0, 0.05) is 29.3 Å². The minimum Gasteiger partial charge on any atom is -0.334 e. The van der Waals surface area contributed by atoms with Gasteiger partial charge in [-0.15, -0.1) is 0 Å². The number of aryl methyl sites for hydroxylation is 1. The van der Waals surface area contributed by atoms with Crippen LogP contribution < -0.4 is 0 Å². The Balaban J connectivity index is 2.12. The van der Waals surface area contributed by atoms with Crippen molar-refractivity contribution in [2.24, 2.45) is 0 Å². The predicted octanol–water partition coefficient (Wildman–Crippen LogP) is 3.87. The monoisotopic (exact) mass is 381 g/mol. The van der Waals surface area contributed by atoms with Gasteiger partial charge in [-0.2, -0.15) is 13.2 Å². The first-order chi connectivity index (χ1) is 12.1. The molecule has 0 aliphatic rings. The fraction of sp³-hybridized carbons (Fsp3) is 0.176. The zero-order valence-corrected chi connectivity index (χ0v) is 14.6. The minimum atomic E-state index is -4.64. The van der Waals surface area contributed by atoms with Gasteiger partial charge in [0.25, 0.3) is 0 Å². The number of aromatic nitrogens is 3. The normalized spacial score (nSPS) is 12.3. The van der Waals surface area contributed by atoms with Crippen LogP contribution in [0.25, 0.3) is 22.6 Å². The van der Waals surface area contributed by atoms with Crippen molar-refractivity contribution in [1.82, 2.24) is 15.0 Å². The van der Waals surface area contributed by atoms with Crippen molar-refractivity contribution in [3.05, 3.63) is 54.0 Å². The summed E-state index contributed by atoms with van der Waals surface area (Å²) < 4.78 is 63.3. The van der Waals surface area contributed by atoms with Crippen LogP contribution in [-0.4, -0.2) is 29.6 Å². The van der Waals surface area contributed by atoms with Crippen LogP contribution in [0, 0.1) is 6.92 Å². The van der Waals surface area contributed by atoms with Gasteiger partial charge in [0.1, 0.15) is 17.2 Å². The van der Waals surface area contributed by atoms with Crippen LogP contribution in [0.1, 0.15) is 11.4 Å². The lowest BCUT2D eigenvalue weighted by Gasteiger charge is -2.07. The maximum Gasteiger partial charge on any atom is 0.433 e. The number of aromatic amines is 1. The number of nitrogens with one attached hydrogen (secondary N) is 1. The Bertz CT molecular complexity index is 1040. The van der Waals surface area contributed by atoms with Gasteiger partial charge in [-0.1, -0.05) is 12.1 Å².